The summed E-state index contributed by atoms with van der Waals surface area (Å²) in [6.07, 6.45) is 3.30. The molecule has 2 heterocycles. The molecular formula is C24H24N4O3S. The van der Waals surface area contributed by atoms with E-state index in [-0.39, 0.29) is 18.4 Å². The Bertz CT molecular complexity index is 1190. The van der Waals surface area contributed by atoms with Crippen molar-refractivity contribution in [2.45, 2.75) is 26.3 Å². The van der Waals surface area contributed by atoms with E-state index in [2.05, 4.69) is 34.6 Å². The highest BCUT2D eigenvalue weighted by Crippen LogP contribution is 2.21. The Kier molecular flexibility index (Phi) is 6.61. The molecule has 0 radical (unpaired) electrons. The maximum atomic E-state index is 12.4. The fourth-order valence-corrected chi connectivity index (χ4v) is 4.26. The van der Waals surface area contributed by atoms with Crippen molar-refractivity contribution in [3.8, 4) is 0 Å². The Labute approximate surface area is 190 Å². The molecule has 1 aromatic heterocycles. The molecule has 0 atom stereocenters. The smallest absolute Gasteiger partial charge is 0.267 e. The number of aromatic nitrogens is 1. The normalized spacial score (nSPS) is 14.1. The molecule has 1 aliphatic heterocycles. The molecule has 1 saturated heterocycles. The van der Waals surface area contributed by atoms with E-state index >= 15 is 0 Å². The number of carbonyl (C=O) groups excluding carboxylic acids is 3. The van der Waals surface area contributed by atoms with Gasteiger partial charge in [-0.3, -0.25) is 14.4 Å². The second-order valence-electron chi connectivity index (χ2n) is 7.68. The van der Waals surface area contributed by atoms with Crippen LogP contribution in [-0.4, -0.2) is 35.4 Å². The van der Waals surface area contributed by atoms with Crippen molar-refractivity contribution in [3.63, 3.8) is 0 Å². The Hall–Kier alpha value is -3.52. The summed E-state index contributed by atoms with van der Waals surface area (Å²) in [7, 11) is 0. The molecule has 1 aliphatic rings. The van der Waals surface area contributed by atoms with Crippen LogP contribution >= 0.6 is 11.3 Å². The number of hydrogen-bond acceptors (Lipinski definition) is 4. The van der Waals surface area contributed by atoms with Gasteiger partial charge in [0.05, 0.1) is 6.54 Å². The Morgan fingerprint density at radius 3 is 2.53 bits per heavy atom. The summed E-state index contributed by atoms with van der Waals surface area (Å²) >= 11 is 1.38. The van der Waals surface area contributed by atoms with Gasteiger partial charge in [-0.05, 0) is 43.2 Å². The molecule has 3 aromatic rings. The standard InChI is InChI=1S/C24H24N4O3S/c1-17-4-6-18(7-5-17)16-27-13-14-32-24(27)26-21(29)15-25-23(31)19-8-10-20(11-9-19)28-12-2-3-22(28)30/h4-11,13-14H,2-3,12,15-16H2,1H3,(H,25,31). The van der Waals surface area contributed by atoms with Gasteiger partial charge in [0.2, 0.25) is 5.91 Å². The molecule has 0 saturated carbocycles. The Balaban J connectivity index is 1.35. The van der Waals surface area contributed by atoms with Gasteiger partial charge in [0.15, 0.2) is 4.80 Å². The van der Waals surface area contributed by atoms with E-state index in [1.54, 1.807) is 29.2 Å². The summed E-state index contributed by atoms with van der Waals surface area (Å²) in [5, 5.41) is 4.50. The van der Waals surface area contributed by atoms with E-state index in [4.69, 9.17) is 0 Å². The quantitative estimate of drug-likeness (QED) is 0.629. The van der Waals surface area contributed by atoms with Crippen molar-refractivity contribution in [2.24, 2.45) is 4.99 Å². The molecule has 7 nitrogen and oxygen atoms in total. The monoisotopic (exact) mass is 448 g/mol. The maximum absolute atomic E-state index is 12.4. The van der Waals surface area contributed by atoms with Crippen molar-refractivity contribution < 1.29 is 14.4 Å². The molecule has 0 aliphatic carbocycles. The highest BCUT2D eigenvalue weighted by molar-refractivity contribution is 7.07. The molecule has 1 fully saturated rings. The van der Waals surface area contributed by atoms with E-state index in [0.717, 1.165) is 17.7 Å². The lowest BCUT2D eigenvalue weighted by Gasteiger charge is -2.15. The van der Waals surface area contributed by atoms with Gasteiger partial charge in [-0.15, -0.1) is 11.3 Å². The van der Waals surface area contributed by atoms with Crippen molar-refractivity contribution in [3.05, 3.63) is 81.6 Å². The van der Waals surface area contributed by atoms with Crippen LogP contribution in [0.2, 0.25) is 0 Å². The van der Waals surface area contributed by atoms with Crippen LogP contribution in [0.5, 0.6) is 0 Å². The third-order valence-electron chi connectivity index (χ3n) is 5.27. The molecule has 164 valence electrons. The summed E-state index contributed by atoms with van der Waals surface area (Å²) in [5.41, 5.74) is 3.53. The van der Waals surface area contributed by atoms with E-state index in [1.807, 2.05) is 23.1 Å². The summed E-state index contributed by atoms with van der Waals surface area (Å²) in [6.45, 7) is 3.17. The topological polar surface area (TPSA) is 83.8 Å². The minimum absolute atomic E-state index is 0.0996. The number of rotatable bonds is 6. The second-order valence-corrected chi connectivity index (χ2v) is 8.56. The van der Waals surface area contributed by atoms with Crippen molar-refractivity contribution in [2.75, 3.05) is 18.0 Å². The SMILES string of the molecule is Cc1ccc(Cn2ccsc2=NC(=O)CNC(=O)c2ccc(N3CCCC3=O)cc2)cc1. The first-order valence-electron chi connectivity index (χ1n) is 10.5. The van der Waals surface area contributed by atoms with Gasteiger partial charge < -0.3 is 14.8 Å². The number of hydrogen-bond donors (Lipinski definition) is 1. The molecule has 3 amide bonds. The number of amides is 3. The van der Waals surface area contributed by atoms with Gasteiger partial charge in [-0.25, -0.2) is 0 Å². The molecule has 32 heavy (non-hydrogen) atoms. The third kappa shape index (κ3) is 5.20. The number of carbonyl (C=O) groups is 3. The van der Waals surface area contributed by atoms with E-state index in [0.29, 0.717) is 29.9 Å². The first-order chi connectivity index (χ1) is 15.5. The average Bonchev–Trinajstić information content (AvgIpc) is 3.42. The van der Waals surface area contributed by atoms with E-state index in [1.165, 1.54) is 16.9 Å². The molecule has 8 heteroatoms. The highest BCUT2D eigenvalue weighted by atomic mass is 32.1. The van der Waals surface area contributed by atoms with Crippen LogP contribution in [0, 0.1) is 6.92 Å². The molecule has 0 unspecified atom stereocenters. The van der Waals surface area contributed by atoms with Crippen molar-refractivity contribution in [1.82, 2.24) is 9.88 Å². The van der Waals surface area contributed by atoms with Crippen LogP contribution in [0.4, 0.5) is 5.69 Å². The van der Waals surface area contributed by atoms with Gasteiger partial charge in [0.25, 0.3) is 11.8 Å². The largest absolute Gasteiger partial charge is 0.343 e. The number of aryl methyl sites for hydroxylation is 1. The lowest BCUT2D eigenvalue weighted by atomic mass is 10.1. The van der Waals surface area contributed by atoms with Crippen LogP contribution in [0.25, 0.3) is 0 Å². The molecule has 2 aromatic carbocycles. The zero-order valence-electron chi connectivity index (χ0n) is 17.8. The van der Waals surface area contributed by atoms with Gasteiger partial charge in [-0.1, -0.05) is 29.8 Å². The maximum Gasteiger partial charge on any atom is 0.267 e. The third-order valence-corrected chi connectivity index (χ3v) is 6.06. The molecule has 1 N–H and O–H groups in total. The molecule has 0 spiro atoms. The first kappa shape index (κ1) is 21.7. The predicted octanol–water partition coefficient (Wildman–Crippen LogP) is 2.89. The average molecular weight is 449 g/mol. The van der Waals surface area contributed by atoms with Gasteiger partial charge in [0.1, 0.15) is 0 Å². The van der Waals surface area contributed by atoms with Crippen LogP contribution in [0.15, 0.2) is 65.1 Å². The lowest BCUT2D eigenvalue weighted by Crippen LogP contribution is -2.30. The van der Waals surface area contributed by atoms with E-state index in [9.17, 15) is 14.4 Å². The molecule has 4 rings (SSSR count). The van der Waals surface area contributed by atoms with E-state index < -0.39 is 5.91 Å². The van der Waals surface area contributed by atoms with Crippen molar-refractivity contribution in [1.29, 1.82) is 0 Å². The molecular weight excluding hydrogens is 424 g/mol. The van der Waals surface area contributed by atoms with Gasteiger partial charge in [-0.2, -0.15) is 4.99 Å². The number of benzene rings is 2. The zero-order chi connectivity index (χ0) is 22.5. The summed E-state index contributed by atoms with van der Waals surface area (Å²) in [6, 6.07) is 15.0. The lowest BCUT2D eigenvalue weighted by molar-refractivity contribution is -0.117. The molecule has 0 bridgehead atoms. The predicted molar refractivity (Wildman–Crippen MR) is 124 cm³/mol. The number of nitrogens with one attached hydrogen (secondary N) is 1. The second kappa shape index (κ2) is 9.74. The number of nitrogens with zero attached hydrogens (tertiary/aromatic N) is 3. The fraction of sp³-hybridized carbons (Fsp3) is 0.250. The Morgan fingerprint density at radius 2 is 1.84 bits per heavy atom. The van der Waals surface area contributed by atoms with Crippen LogP contribution in [-0.2, 0) is 16.1 Å². The highest BCUT2D eigenvalue weighted by Gasteiger charge is 2.21. The minimum Gasteiger partial charge on any atom is -0.343 e. The minimum atomic E-state index is -0.419. The summed E-state index contributed by atoms with van der Waals surface area (Å²) < 4.78 is 1.91. The number of thiazole rings is 1. The summed E-state index contributed by atoms with van der Waals surface area (Å²) in [4.78, 5) is 43.0. The van der Waals surface area contributed by atoms with Crippen molar-refractivity contribution >= 4 is 34.7 Å². The van der Waals surface area contributed by atoms with Gasteiger partial charge in [0, 0.05) is 42.3 Å². The zero-order valence-corrected chi connectivity index (χ0v) is 18.6. The first-order valence-corrected chi connectivity index (χ1v) is 11.3. The fourth-order valence-electron chi connectivity index (χ4n) is 3.52. The number of anilines is 1. The van der Waals surface area contributed by atoms with Crippen LogP contribution < -0.4 is 15.0 Å². The van der Waals surface area contributed by atoms with Crippen LogP contribution in [0.1, 0.15) is 34.3 Å². The Morgan fingerprint density at radius 1 is 1.09 bits per heavy atom. The van der Waals surface area contributed by atoms with Gasteiger partial charge >= 0.3 is 0 Å². The summed E-state index contributed by atoms with van der Waals surface area (Å²) in [5.74, 6) is -0.674. The van der Waals surface area contributed by atoms with Crippen LogP contribution in [0.3, 0.4) is 0 Å².